The Bertz CT molecular complexity index is 987. The predicted octanol–water partition coefficient (Wildman–Crippen LogP) is 3.17. The molecule has 8 nitrogen and oxygen atoms in total. The molecule has 174 valence electrons. The number of unbranched alkanes of at least 4 members (excludes halogenated alkanes) is 1. The molecule has 0 aliphatic rings. The Morgan fingerprint density at radius 3 is 2.22 bits per heavy atom. The minimum Gasteiger partial charge on any atom is -0.494 e. The van der Waals surface area contributed by atoms with Gasteiger partial charge in [-0.2, -0.15) is 0 Å². The van der Waals surface area contributed by atoms with E-state index in [0.29, 0.717) is 23.6 Å². The smallest absolute Gasteiger partial charge is 0.251 e. The van der Waals surface area contributed by atoms with Crippen molar-refractivity contribution in [3.8, 4) is 5.75 Å². The fourth-order valence-electron chi connectivity index (χ4n) is 2.59. The molecule has 2 aromatic rings. The molecular formula is C23H31N3O5S. The first-order valence-corrected chi connectivity index (χ1v) is 12.1. The van der Waals surface area contributed by atoms with E-state index >= 15 is 0 Å². The van der Waals surface area contributed by atoms with Crippen molar-refractivity contribution in [3.63, 3.8) is 0 Å². The van der Waals surface area contributed by atoms with Gasteiger partial charge in [0.15, 0.2) is 0 Å². The molecule has 3 N–H and O–H groups in total. The van der Waals surface area contributed by atoms with E-state index in [1.807, 2.05) is 0 Å². The van der Waals surface area contributed by atoms with Crippen LogP contribution in [-0.2, 0) is 14.8 Å². The number of ether oxygens (including phenoxy) is 1. The Morgan fingerprint density at radius 1 is 0.969 bits per heavy atom. The molecular weight excluding hydrogens is 430 g/mol. The van der Waals surface area contributed by atoms with Gasteiger partial charge in [-0.15, -0.1) is 0 Å². The van der Waals surface area contributed by atoms with Crippen LogP contribution in [0.3, 0.4) is 0 Å². The van der Waals surface area contributed by atoms with Crippen molar-refractivity contribution < 1.29 is 22.7 Å². The van der Waals surface area contributed by atoms with Crippen molar-refractivity contribution in [3.05, 3.63) is 54.1 Å². The lowest BCUT2D eigenvalue weighted by Gasteiger charge is -2.10. The maximum atomic E-state index is 12.4. The van der Waals surface area contributed by atoms with Gasteiger partial charge in [0, 0.05) is 30.3 Å². The molecule has 0 saturated carbocycles. The molecule has 0 fully saturated rings. The number of rotatable bonds is 12. The zero-order valence-corrected chi connectivity index (χ0v) is 19.5. The van der Waals surface area contributed by atoms with E-state index < -0.39 is 10.0 Å². The van der Waals surface area contributed by atoms with Crippen LogP contribution in [0, 0.1) is 5.92 Å². The second kappa shape index (κ2) is 12.2. The summed E-state index contributed by atoms with van der Waals surface area (Å²) in [6, 6.07) is 12.7. The highest BCUT2D eigenvalue weighted by atomic mass is 32.2. The summed E-state index contributed by atoms with van der Waals surface area (Å²) in [7, 11) is -3.69. The first kappa shape index (κ1) is 25.4. The van der Waals surface area contributed by atoms with Gasteiger partial charge in [0.25, 0.3) is 5.91 Å². The van der Waals surface area contributed by atoms with Gasteiger partial charge in [-0.3, -0.25) is 9.59 Å². The zero-order valence-electron chi connectivity index (χ0n) is 18.7. The summed E-state index contributed by atoms with van der Waals surface area (Å²) in [5.41, 5.74) is 1.02. The number of nitrogens with one attached hydrogen (secondary N) is 3. The first-order valence-electron chi connectivity index (χ1n) is 10.6. The molecule has 0 bridgehead atoms. The van der Waals surface area contributed by atoms with Crippen LogP contribution in [0.15, 0.2) is 53.4 Å². The van der Waals surface area contributed by atoms with Crippen molar-refractivity contribution in [1.29, 1.82) is 0 Å². The normalized spacial score (nSPS) is 11.2. The minimum absolute atomic E-state index is 0.0470. The van der Waals surface area contributed by atoms with Crippen molar-refractivity contribution in [2.75, 3.05) is 25.0 Å². The third-order valence-electron chi connectivity index (χ3n) is 4.54. The summed E-state index contributed by atoms with van der Waals surface area (Å²) in [6.45, 7) is 6.43. The van der Waals surface area contributed by atoms with Gasteiger partial charge in [0.1, 0.15) is 5.75 Å². The number of hydrogen-bond donors (Lipinski definition) is 3. The maximum absolute atomic E-state index is 12.4. The number of benzene rings is 2. The lowest BCUT2D eigenvalue weighted by molar-refractivity contribution is -0.118. The molecule has 0 aliphatic carbocycles. The third kappa shape index (κ3) is 7.97. The fourth-order valence-corrected chi connectivity index (χ4v) is 3.62. The number of anilines is 1. The molecule has 2 rings (SSSR count). The average molecular weight is 462 g/mol. The average Bonchev–Trinajstić information content (AvgIpc) is 2.77. The summed E-state index contributed by atoms with van der Waals surface area (Å²) in [4.78, 5) is 24.1. The lowest BCUT2D eigenvalue weighted by atomic mass is 10.1. The molecule has 0 heterocycles. The number of amides is 2. The lowest BCUT2D eigenvalue weighted by Crippen LogP contribution is -2.34. The first-order chi connectivity index (χ1) is 15.2. The van der Waals surface area contributed by atoms with Crippen LogP contribution in [0.1, 0.15) is 44.0 Å². The second-order valence-electron chi connectivity index (χ2n) is 7.55. The zero-order chi connectivity index (χ0) is 23.6. The van der Waals surface area contributed by atoms with Crippen LogP contribution in [0.2, 0.25) is 0 Å². The Balaban J connectivity index is 1.79. The summed E-state index contributed by atoms with van der Waals surface area (Å²) in [6.07, 6.45) is 1.96. The maximum Gasteiger partial charge on any atom is 0.251 e. The van der Waals surface area contributed by atoms with Gasteiger partial charge >= 0.3 is 0 Å². The molecule has 32 heavy (non-hydrogen) atoms. The fraction of sp³-hybridized carbons (Fsp3) is 0.391. The molecule has 0 aliphatic heterocycles. The van der Waals surface area contributed by atoms with Crippen molar-refractivity contribution in [2.24, 2.45) is 5.92 Å². The highest BCUT2D eigenvalue weighted by Gasteiger charge is 2.14. The van der Waals surface area contributed by atoms with E-state index in [0.717, 1.165) is 12.8 Å². The van der Waals surface area contributed by atoms with E-state index in [4.69, 9.17) is 4.74 Å². The Morgan fingerprint density at radius 2 is 1.62 bits per heavy atom. The summed E-state index contributed by atoms with van der Waals surface area (Å²) in [5.74, 6) is 0.0472. The van der Waals surface area contributed by atoms with E-state index in [1.165, 1.54) is 12.1 Å². The van der Waals surface area contributed by atoms with Crippen LogP contribution in [0.25, 0.3) is 0 Å². The minimum atomic E-state index is -3.69. The molecule has 0 radical (unpaired) electrons. The molecule has 2 aromatic carbocycles. The topological polar surface area (TPSA) is 114 Å². The van der Waals surface area contributed by atoms with Gasteiger partial charge in [0.2, 0.25) is 15.9 Å². The quantitative estimate of drug-likeness (QED) is 0.420. The van der Waals surface area contributed by atoms with Crippen LogP contribution >= 0.6 is 0 Å². The SMILES string of the molecule is CCCCOc1ccc(S(=O)(=O)NCCNC(=O)c2ccc(NC(=O)C(C)C)cc2)cc1. The standard InChI is InChI=1S/C23H31N3O5S/c1-4-5-16-31-20-10-12-21(13-11-20)32(29,30)25-15-14-24-23(28)18-6-8-19(9-7-18)26-22(27)17(2)3/h6-13,17,25H,4-5,14-16H2,1-3H3,(H,24,28)(H,26,27). The van der Waals surface area contributed by atoms with Gasteiger partial charge < -0.3 is 15.4 Å². The predicted molar refractivity (Wildman–Crippen MR) is 124 cm³/mol. The molecule has 2 amide bonds. The number of hydrogen-bond acceptors (Lipinski definition) is 5. The van der Waals surface area contributed by atoms with Crippen molar-refractivity contribution in [1.82, 2.24) is 10.0 Å². The van der Waals surface area contributed by atoms with Crippen LogP contribution < -0.4 is 20.1 Å². The van der Waals surface area contributed by atoms with Gasteiger partial charge in [0.05, 0.1) is 11.5 Å². The van der Waals surface area contributed by atoms with E-state index in [9.17, 15) is 18.0 Å². The van der Waals surface area contributed by atoms with E-state index in [2.05, 4.69) is 22.3 Å². The highest BCUT2D eigenvalue weighted by molar-refractivity contribution is 7.89. The molecule has 0 spiro atoms. The van der Waals surface area contributed by atoms with Gasteiger partial charge in [-0.25, -0.2) is 13.1 Å². The summed E-state index contributed by atoms with van der Waals surface area (Å²) < 4.78 is 32.8. The van der Waals surface area contributed by atoms with Crippen molar-refractivity contribution >= 4 is 27.5 Å². The summed E-state index contributed by atoms with van der Waals surface area (Å²) >= 11 is 0. The molecule has 0 saturated heterocycles. The number of carbonyl (C=O) groups is 2. The molecule has 0 atom stereocenters. The largest absolute Gasteiger partial charge is 0.494 e. The number of carbonyl (C=O) groups excluding carboxylic acids is 2. The summed E-state index contributed by atoms with van der Waals surface area (Å²) in [5, 5.41) is 5.42. The van der Waals surface area contributed by atoms with Crippen LogP contribution in [-0.4, -0.2) is 39.9 Å². The molecule has 0 aromatic heterocycles. The van der Waals surface area contributed by atoms with Crippen LogP contribution in [0.4, 0.5) is 5.69 Å². The Kier molecular flexibility index (Phi) is 9.67. The third-order valence-corrected chi connectivity index (χ3v) is 6.02. The van der Waals surface area contributed by atoms with Crippen molar-refractivity contribution in [2.45, 2.75) is 38.5 Å². The monoisotopic (exact) mass is 461 g/mol. The highest BCUT2D eigenvalue weighted by Crippen LogP contribution is 2.16. The molecule has 9 heteroatoms. The van der Waals surface area contributed by atoms with E-state index in [1.54, 1.807) is 50.2 Å². The van der Waals surface area contributed by atoms with Crippen LogP contribution in [0.5, 0.6) is 5.75 Å². The van der Waals surface area contributed by atoms with Gasteiger partial charge in [-0.1, -0.05) is 27.2 Å². The number of sulfonamides is 1. The van der Waals surface area contributed by atoms with Gasteiger partial charge in [-0.05, 0) is 55.0 Å². The molecule has 0 unspecified atom stereocenters. The Labute approximate surface area is 189 Å². The van der Waals surface area contributed by atoms with E-state index in [-0.39, 0.29) is 35.7 Å². The second-order valence-corrected chi connectivity index (χ2v) is 9.32. The Hall–Kier alpha value is -2.91.